The molecule has 0 aromatic rings. The first-order chi connectivity index (χ1) is 12.2. The quantitative estimate of drug-likeness (QED) is 0.488. The summed E-state index contributed by atoms with van der Waals surface area (Å²) in [6.45, 7) is 13.3. The fourth-order valence-corrected chi connectivity index (χ4v) is 9.76. The van der Waals surface area contributed by atoms with Gasteiger partial charge in [0, 0.05) is 0 Å². The number of Topliss-reactive ketones (excluding diaryl/α,β-unsaturated/α-hetero) is 1. The number of hydrogen-bond acceptors (Lipinski definition) is 2. The summed E-state index contributed by atoms with van der Waals surface area (Å²) < 4.78 is 0. The maximum absolute atomic E-state index is 13.3. The zero-order chi connectivity index (χ0) is 19.5. The molecule has 26 heavy (non-hydrogen) atoms. The predicted molar refractivity (Wildman–Crippen MR) is 110 cm³/mol. The summed E-state index contributed by atoms with van der Waals surface area (Å²) in [5.41, 5.74) is 0.0194. The summed E-state index contributed by atoms with van der Waals surface area (Å²) in [6.07, 6.45) is 8.16. The van der Waals surface area contributed by atoms with E-state index in [2.05, 4.69) is 46.9 Å². The van der Waals surface area contributed by atoms with Crippen LogP contribution in [0.15, 0.2) is 0 Å². The van der Waals surface area contributed by atoms with Gasteiger partial charge in [-0.05, 0) is 0 Å². The van der Waals surface area contributed by atoms with Gasteiger partial charge in [0.15, 0.2) is 0 Å². The third kappa shape index (κ3) is 3.92. The number of carbonyl (C=O) groups excluding carboxylic acids is 2. The summed E-state index contributed by atoms with van der Waals surface area (Å²) in [7, 11) is 0. The summed E-state index contributed by atoms with van der Waals surface area (Å²) in [6, 6.07) is 0.252. The molecule has 2 aliphatic rings. The van der Waals surface area contributed by atoms with Gasteiger partial charge in [-0.2, -0.15) is 0 Å². The Morgan fingerprint density at radius 2 is 1.81 bits per heavy atom. The van der Waals surface area contributed by atoms with Crippen LogP contribution in [0.5, 0.6) is 0 Å². The molecule has 4 heteroatoms. The molecule has 0 radical (unpaired) electrons. The number of hydrogen-bond donors (Lipinski definition) is 1. The molecule has 150 valence electrons. The normalized spacial score (nSPS) is 31.8. The van der Waals surface area contributed by atoms with Crippen LogP contribution in [0.1, 0.15) is 92.9 Å². The van der Waals surface area contributed by atoms with Crippen molar-refractivity contribution in [3.63, 3.8) is 0 Å². The van der Waals surface area contributed by atoms with Gasteiger partial charge in [-0.1, -0.05) is 0 Å². The summed E-state index contributed by atoms with van der Waals surface area (Å²) in [5, 5.41) is 3.33. The number of ketones is 1. The first-order valence-electron chi connectivity index (χ1n) is 10.7. The number of rotatable bonds is 10. The molecule has 2 aliphatic carbocycles. The van der Waals surface area contributed by atoms with E-state index in [0.717, 1.165) is 38.5 Å². The van der Waals surface area contributed by atoms with Crippen molar-refractivity contribution in [3.05, 3.63) is 0 Å². The third-order valence-corrected chi connectivity index (χ3v) is 10.9. The molecule has 1 N–H and O–H groups in total. The Morgan fingerprint density at radius 1 is 1.15 bits per heavy atom. The van der Waals surface area contributed by atoms with Gasteiger partial charge in [-0.15, -0.1) is 0 Å². The van der Waals surface area contributed by atoms with Gasteiger partial charge in [0.1, 0.15) is 0 Å². The molecule has 0 aromatic carbocycles. The third-order valence-electron chi connectivity index (χ3n) is 7.24. The van der Waals surface area contributed by atoms with Crippen molar-refractivity contribution in [2.75, 3.05) is 0 Å². The van der Waals surface area contributed by atoms with E-state index in [4.69, 9.17) is 0 Å². The molecule has 0 heterocycles. The van der Waals surface area contributed by atoms with E-state index in [1.54, 1.807) is 0 Å². The molecule has 2 fully saturated rings. The van der Waals surface area contributed by atoms with Crippen LogP contribution >= 0.6 is 0 Å². The van der Waals surface area contributed by atoms with Crippen LogP contribution in [0.4, 0.5) is 0 Å². The average Bonchev–Trinajstić information content (AvgIpc) is 2.88. The Labute approximate surface area is 167 Å². The summed E-state index contributed by atoms with van der Waals surface area (Å²) in [5.74, 6) is 1.28. The van der Waals surface area contributed by atoms with Gasteiger partial charge >= 0.3 is 167 Å². The van der Waals surface area contributed by atoms with Gasteiger partial charge in [0.2, 0.25) is 0 Å². The average molecular weight is 429 g/mol. The Morgan fingerprint density at radius 3 is 2.31 bits per heavy atom. The number of nitrogens with one attached hydrogen (secondary N) is 1. The monoisotopic (exact) mass is 429 g/mol. The van der Waals surface area contributed by atoms with Crippen LogP contribution < -0.4 is 5.32 Å². The van der Waals surface area contributed by atoms with Crippen LogP contribution in [0.2, 0.25) is 9.63 Å². The number of carbonyl (C=O) groups is 2. The predicted octanol–water partition coefficient (Wildman–Crippen LogP) is 5.18. The molecule has 0 aromatic heterocycles. The van der Waals surface area contributed by atoms with Crippen LogP contribution in [0, 0.1) is 16.7 Å². The van der Waals surface area contributed by atoms with Gasteiger partial charge < -0.3 is 0 Å². The molecule has 1 amide bonds. The molecular weight excluding hydrogens is 389 g/mol. The molecule has 2 bridgehead atoms. The Balaban J connectivity index is 2.16. The van der Waals surface area contributed by atoms with Crippen molar-refractivity contribution >= 4 is 26.6 Å². The second kappa shape index (κ2) is 8.78. The van der Waals surface area contributed by atoms with E-state index in [1.807, 2.05) is 0 Å². The van der Waals surface area contributed by atoms with Crippen LogP contribution in [-0.2, 0) is 9.59 Å². The first-order valence-corrected chi connectivity index (χ1v) is 12.7. The van der Waals surface area contributed by atoms with Gasteiger partial charge in [-0.25, -0.2) is 0 Å². The second-order valence-corrected chi connectivity index (χ2v) is 12.1. The molecule has 0 aliphatic heterocycles. The zero-order valence-corrected chi connectivity index (χ0v) is 19.4. The minimum atomic E-state index is -0.118. The van der Waals surface area contributed by atoms with Crippen LogP contribution in [0.3, 0.4) is 0 Å². The fourth-order valence-electron chi connectivity index (χ4n) is 5.17. The summed E-state index contributed by atoms with van der Waals surface area (Å²) >= 11 is 0.270. The molecule has 3 nitrogen and oxygen atoms in total. The van der Waals surface area contributed by atoms with Gasteiger partial charge in [0.05, 0.1) is 0 Å². The van der Waals surface area contributed by atoms with Crippen LogP contribution in [-0.4, -0.2) is 32.7 Å². The van der Waals surface area contributed by atoms with Crippen molar-refractivity contribution in [1.29, 1.82) is 0 Å². The van der Waals surface area contributed by atoms with Crippen molar-refractivity contribution in [1.82, 2.24) is 5.32 Å². The number of fused-ring (bicyclic) bond motifs is 2. The second-order valence-electron chi connectivity index (χ2n) is 9.16. The molecule has 2 saturated carbocycles. The van der Waals surface area contributed by atoms with Crippen molar-refractivity contribution in [2.45, 2.75) is 109 Å². The summed E-state index contributed by atoms with van der Waals surface area (Å²) in [4.78, 5) is 26.3. The van der Waals surface area contributed by atoms with Crippen molar-refractivity contribution in [3.8, 4) is 0 Å². The van der Waals surface area contributed by atoms with E-state index in [-0.39, 0.29) is 42.6 Å². The maximum atomic E-state index is 13.3. The van der Waals surface area contributed by atoms with Crippen molar-refractivity contribution < 1.29 is 9.59 Å². The first kappa shape index (κ1) is 22.0. The molecular formula is C22H39NO2Se. The van der Waals surface area contributed by atoms with E-state index < -0.39 is 0 Å². The SMILES string of the molecule is CCCC(=O)N[C@H](CCC)[C@H](CCC)[Se][C@@H]1C(=O)[C@]2(C)CC[C@H]1C2(C)C. The standard InChI is InChI=1S/C22H39NO2Se/c1-7-10-16(23-18(24)12-9-3)17(11-8-2)26-19-15-13-14-22(6,20(19)25)21(15,4)5/h15-17,19H,7-14H2,1-6H3,(H,23,24)/t15-,16-,17+,19+,22+/m1/s1. The Hall–Kier alpha value is -0.341. The van der Waals surface area contributed by atoms with E-state index in [9.17, 15) is 9.59 Å². The Bertz CT molecular complexity index is 518. The fraction of sp³-hybridized carbons (Fsp3) is 0.909. The van der Waals surface area contributed by atoms with Crippen molar-refractivity contribution in [2.24, 2.45) is 16.7 Å². The molecule has 2 rings (SSSR count). The molecule has 0 saturated heterocycles. The minimum absolute atomic E-state index is 0.118. The molecule has 5 atom stereocenters. The molecule has 0 spiro atoms. The molecule has 0 unspecified atom stereocenters. The van der Waals surface area contributed by atoms with Crippen LogP contribution in [0.25, 0.3) is 0 Å². The Kier molecular flexibility index (Phi) is 7.41. The van der Waals surface area contributed by atoms with Gasteiger partial charge in [-0.3, -0.25) is 0 Å². The van der Waals surface area contributed by atoms with E-state index in [0.29, 0.717) is 22.9 Å². The number of amides is 1. The van der Waals surface area contributed by atoms with Gasteiger partial charge in [0.25, 0.3) is 0 Å². The van der Waals surface area contributed by atoms with E-state index in [1.165, 1.54) is 6.42 Å². The zero-order valence-electron chi connectivity index (χ0n) is 17.7. The van der Waals surface area contributed by atoms with E-state index >= 15 is 0 Å². The topological polar surface area (TPSA) is 46.2 Å².